The Morgan fingerprint density at radius 1 is 1.07 bits per heavy atom. The van der Waals surface area contributed by atoms with E-state index in [2.05, 4.69) is 4.99 Å². The molecule has 152 valence electrons. The van der Waals surface area contributed by atoms with Crippen molar-refractivity contribution in [1.29, 1.82) is 5.26 Å². The number of anilines is 1. The molecule has 3 aromatic carbocycles. The number of amidine groups is 1. The third kappa shape index (κ3) is 4.42. The van der Waals surface area contributed by atoms with Crippen molar-refractivity contribution in [3.05, 3.63) is 83.9 Å². The van der Waals surface area contributed by atoms with Gasteiger partial charge in [0.25, 0.3) is 10.0 Å². The van der Waals surface area contributed by atoms with Crippen LogP contribution in [0.1, 0.15) is 11.1 Å². The molecule has 0 saturated carbocycles. The first-order valence-corrected chi connectivity index (χ1v) is 10.4. The van der Waals surface area contributed by atoms with Gasteiger partial charge in [0.05, 0.1) is 35.0 Å². The number of benzene rings is 3. The average molecular weight is 420 g/mol. The van der Waals surface area contributed by atoms with Crippen molar-refractivity contribution in [2.45, 2.75) is 4.90 Å². The third-order valence-electron chi connectivity index (χ3n) is 4.47. The van der Waals surface area contributed by atoms with Crippen LogP contribution in [-0.4, -0.2) is 28.4 Å². The van der Waals surface area contributed by atoms with Gasteiger partial charge in [0.15, 0.2) is 0 Å². The molecular weight excluding hydrogens is 400 g/mol. The maximum absolute atomic E-state index is 13.1. The molecule has 0 amide bonds. The van der Waals surface area contributed by atoms with E-state index in [9.17, 15) is 8.42 Å². The Morgan fingerprint density at radius 3 is 2.33 bits per heavy atom. The van der Waals surface area contributed by atoms with E-state index in [1.807, 2.05) is 6.07 Å². The number of nitrogens with zero attached hydrogens (tertiary/aromatic N) is 3. The van der Waals surface area contributed by atoms with Gasteiger partial charge < -0.3 is 10.5 Å². The average Bonchev–Trinajstić information content (AvgIpc) is 2.79. The molecule has 7 nitrogen and oxygen atoms in total. The smallest absolute Gasteiger partial charge is 0.264 e. The summed E-state index contributed by atoms with van der Waals surface area (Å²) in [5.74, 6) is 0.808. The van der Waals surface area contributed by atoms with Crippen LogP contribution in [-0.2, 0) is 10.0 Å². The summed E-state index contributed by atoms with van der Waals surface area (Å²) in [6.07, 6.45) is 0. The highest BCUT2D eigenvalue weighted by atomic mass is 32.2. The quantitative estimate of drug-likeness (QED) is 0.485. The Hall–Kier alpha value is -3.83. The fraction of sp³-hybridized carbons (Fsp3) is 0.0909. The van der Waals surface area contributed by atoms with E-state index in [-0.39, 0.29) is 10.7 Å². The molecule has 30 heavy (non-hydrogen) atoms. The first-order chi connectivity index (χ1) is 14.3. The second-order valence-corrected chi connectivity index (χ2v) is 8.32. The van der Waals surface area contributed by atoms with E-state index in [1.54, 1.807) is 67.8 Å². The lowest BCUT2D eigenvalue weighted by Gasteiger charge is -2.20. The fourth-order valence-electron chi connectivity index (χ4n) is 2.72. The molecule has 0 aliphatic carbocycles. The van der Waals surface area contributed by atoms with Crippen molar-refractivity contribution in [3.63, 3.8) is 0 Å². The molecule has 0 heterocycles. The highest BCUT2D eigenvalue weighted by Gasteiger charge is 2.22. The third-order valence-corrected chi connectivity index (χ3v) is 6.25. The van der Waals surface area contributed by atoms with Crippen molar-refractivity contribution in [3.8, 4) is 11.8 Å². The van der Waals surface area contributed by atoms with Gasteiger partial charge >= 0.3 is 0 Å². The van der Waals surface area contributed by atoms with Crippen LogP contribution in [0, 0.1) is 11.3 Å². The van der Waals surface area contributed by atoms with Crippen LogP contribution in [0.5, 0.6) is 5.75 Å². The van der Waals surface area contributed by atoms with Crippen molar-refractivity contribution >= 4 is 27.2 Å². The predicted octanol–water partition coefficient (Wildman–Crippen LogP) is 3.43. The Balaban J connectivity index is 1.90. The second-order valence-electron chi connectivity index (χ2n) is 6.35. The summed E-state index contributed by atoms with van der Waals surface area (Å²) >= 11 is 0. The summed E-state index contributed by atoms with van der Waals surface area (Å²) in [5.41, 5.74) is 8.15. The van der Waals surface area contributed by atoms with Crippen LogP contribution < -0.4 is 14.8 Å². The Labute approximate surface area is 175 Å². The molecule has 0 unspecified atom stereocenters. The predicted molar refractivity (Wildman–Crippen MR) is 117 cm³/mol. The van der Waals surface area contributed by atoms with Gasteiger partial charge in [-0.25, -0.2) is 13.4 Å². The van der Waals surface area contributed by atoms with E-state index in [0.717, 1.165) is 0 Å². The molecule has 0 atom stereocenters. The number of hydrogen-bond acceptors (Lipinski definition) is 5. The molecule has 0 saturated heterocycles. The van der Waals surface area contributed by atoms with Crippen LogP contribution in [0.15, 0.2) is 82.7 Å². The van der Waals surface area contributed by atoms with Crippen LogP contribution in [0.2, 0.25) is 0 Å². The van der Waals surface area contributed by atoms with Crippen LogP contribution in [0.25, 0.3) is 0 Å². The molecule has 0 bridgehead atoms. The number of nitriles is 1. The number of hydrogen-bond donors (Lipinski definition) is 1. The number of nitrogens with two attached hydrogens (primary N) is 1. The zero-order valence-corrected chi connectivity index (χ0v) is 17.3. The van der Waals surface area contributed by atoms with Crippen LogP contribution >= 0.6 is 0 Å². The van der Waals surface area contributed by atoms with E-state index in [4.69, 9.17) is 15.7 Å². The SMILES string of the molecule is COc1ccc(N(C)S(=O)(=O)c2cccc(C(N)=Nc3ccc(C#N)cc3)c2)cc1. The molecule has 2 N–H and O–H groups in total. The summed E-state index contributed by atoms with van der Waals surface area (Å²) in [7, 11) is -0.773. The molecule has 3 aromatic rings. The van der Waals surface area contributed by atoms with Crippen molar-refractivity contribution in [2.75, 3.05) is 18.5 Å². The van der Waals surface area contributed by atoms with E-state index in [1.165, 1.54) is 23.5 Å². The Kier molecular flexibility index (Phi) is 6.04. The summed E-state index contributed by atoms with van der Waals surface area (Å²) in [6.45, 7) is 0. The summed E-state index contributed by atoms with van der Waals surface area (Å²) in [6, 6.07) is 21.7. The molecule has 0 aliphatic rings. The normalized spacial score (nSPS) is 11.6. The maximum atomic E-state index is 13.1. The summed E-state index contributed by atoms with van der Waals surface area (Å²) in [5, 5.41) is 8.87. The van der Waals surface area contributed by atoms with Gasteiger partial charge in [-0.15, -0.1) is 0 Å². The zero-order chi connectivity index (χ0) is 21.7. The first-order valence-electron chi connectivity index (χ1n) is 8.93. The fourth-order valence-corrected chi connectivity index (χ4v) is 3.96. The van der Waals surface area contributed by atoms with Crippen molar-refractivity contribution in [1.82, 2.24) is 0 Å². The largest absolute Gasteiger partial charge is 0.497 e. The molecule has 8 heteroatoms. The van der Waals surface area contributed by atoms with Crippen LogP contribution in [0.3, 0.4) is 0 Å². The standard InChI is InChI=1S/C22H20N4O3S/c1-26(19-10-12-20(29-2)13-11-19)30(27,28)21-5-3-4-17(14-21)22(24)25-18-8-6-16(15-23)7-9-18/h3-14H,1-2H3,(H2,24,25). The van der Waals surface area contributed by atoms with Crippen molar-refractivity contribution < 1.29 is 13.2 Å². The van der Waals surface area contributed by atoms with E-state index < -0.39 is 10.0 Å². The van der Waals surface area contributed by atoms with E-state index >= 15 is 0 Å². The monoisotopic (exact) mass is 420 g/mol. The molecule has 0 spiro atoms. The van der Waals surface area contributed by atoms with E-state index in [0.29, 0.717) is 28.3 Å². The highest BCUT2D eigenvalue weighted by molar-refractivity contribution is 7.92. The number of rotatable bonds is 6. The lowest BCUT2D eigenvalue weighted by Crippen LogP contribution is -2.27. The van der Waals surface area contributed by atoms with Gasteiger partial charge in [0, 0.05) is 12.6 Å². The van der Waals surface area contributed by atoms with Crippen LogP contribution in [0.4, 0.5) is 11.4 Å². The minimum Gasteiger partial charge on any atom is -0.497 e. The minimum atomic E-state index is -3.80. The number of sulfonamides is 1. The van der Waals surface area contributed by atoms with Crippen molar-refractivity contribution in [2.24, 2.45) is 10.7 Å². The van der Waals surface area contributed by atoms with Gasteiger partial charge in [-0.05, 0) is 60.7 Å². The first kappa shape index (κ1) is 20.9. The topological polar surface area (TPSA) is 109 Å². The second kappa shape index (κ2) is 8.68. The molecule has 3 rings (SSSR count). The number of ether oxygens (including phenoxy) is 1. The maximum Gasteiger partial charge on any atom is 0.264 e. The lowest BCUT2D eigenvalue weighted by molar-refractivity contribution is 0.415. The molecule has 0 fully saturated rings. The Bertz CT molecular complexity index is 1210. The molecule has 0 radical (unpaired) electrons. The summed E-state index contributed by atoms with van der Waals surface area (Å²) in [4.78, 5) is 4.41. The van der Waals surface area contributed by atoms with Gasteiger partial charge in [0.2, 0.25) is 0 Å². The van der Waals surface area contributed by atoms with Gasteiger partial charge in [-0.2, -0.15) is 5.26 Å². The zero-order valence-electron chi connectivity index (χ0n) is 16.5. The lowest BCUT2D eigenvalue weighted by atomic mass is 10.2. The molecule has 0 aliphatic heterocycles. The highest BCUT2D eigenvalue weighted by Crippen LogP contribution is 2.25. The number of methoxy groups -OCH3 is 1. The summed E-state index contributed by atoms with van der Waals surface area (Å²) < 4.78 is 32.5. The molecular formula is C22H20N4O3S. The minimum absolute atomic E-state index is 0.0938. The Morgan fingerprint density at radius 2 is 1.73 bits per heavy atom. The molecule has 0 aromatic heterocycles. The van der Waals surface area contributed by atoms with Gasteiger partial charge in [-0.1, -0.05) is 12.1 Å². The van der Waals surface area contributed by atoms with Gasteiger partial charge in [-0.3, -0.25) is 4.31 Å². The number of aliphatic imine (C=N–C) groups is 1. The van der Waals surface area contributed by atoms with Gasteiger partial charge in [0.1, 0.15) is 11.6 Å².